The van der Waals surface area contributed by atoms with Gasteiger partial charge in [-0.1, -0.05) is 6.07 Å². The summed E-state index contributed by atoms with van der Waals surface area (Å²) in [4.78, 5) is 13.0. The molecular formula is C15H19N3OS. The van der Waals surface area contributed by atoms with Crippen LogP contribution in [0, 0.1) is 20.8 Å². The molecule has 1 aromatic heterocycles. The monoisotopic (exact) mass is 289 g/mol. The fraction of sp³-hybridized carbons (Fsp3) is 0.333. The maximum atomic E-state index is 12.2. The van der Waals surface area contributed by atoms with E-state index in [4.69, 9.17) is 0 Å². The van der Waals surface area contributed by atoms with Crippen molar-refractivity contribution < 1.29 is 4.79 Å². The summed E-state index contributed by atoms with van der Waals surface area (Å²) in [7, 11) is 1.90. The zero-order valence-electron chi connectivity index (χ0n) is 12.2. The standard InChI is InChI=1S/C15H19N3OS/c1-9-5-6-12(20)7-13(9)15(19)16-8-14-10(2)17-18(4)11(14)3/h5-7,20H,8H2,1-4H3,(H,16,19). The summed E-state index contributed by atoms with van der Waals surface area (Å²) in [6.07, 6.45) is 0. The number of carbonyl (C=O) groups is 1. The predicted octanol–water partition coefficient (Wildman–Crippen LogP) is 2.56. The van der Waals surface area contributed by atoms with Crippen LogP contribution in [0.15, 0.2) is 23.1 Å². The van der Waals surface area contributed by atoms with Crippen molar-refractivity contribution in [1.82, 2.24) is 15.1 Å². The molecule has 4 nitrogen and oxygen atoms in total. The summed E-state index contributed by atoms with van der Waals surface area (Å²) in [5.74, 6) is -0.0824. The molecule has 0 unspecified atom stereocenters. The average molecular weight is 289 g/mol. The molecule has 0 atom stereocenters. The molecule has 1 amide bonds. The Hall–Kier alpha value is -1.75. The van der Waals surface area contributed by atoms with E-state index in [0.717, 1.165) is 27.4 Å². The summed E-state index contributed by atoms with van der Waals surface area (Å²) in [5, 5.41) is 7.30. The van der Waals surface area contributed by atoms with E-state index in [1.807, 2.05) is 44.6 Å². The van der Waals surface area contributed by atoms with Gasteiger partial charge in [-0.3, -0.25) is 9.48 Å². The number of amides is 1. The third kappa shape index (κ3) is 2.88. The average Bonchev–Trinajstić information content (AvgIpc) is 2.64. The fourth-order valence-electron chi connectivity index (χ4n) is 2.19. The van der Waals surface area contributed by atoms with E-state index in [2.05, 4.69) is 23.0 Å². The van der Waals surface area contributed by atoms with Crippen molar-refractivity contribution in [2.24, 2.45) is 7.05 Å². The first-order chi connectivity index (χ1) is 9.40. The van der Waals surface area contributed by atoms with E-state index in [-0.39, 0.29) is 5.91 Å². The molecular weight excluding hydrogens is 270 g/mol. The van der Waals surface area contributed by atoms with Crippen molar-refractivity contribution in [1.29, 1.82) is 0 Å². The summed E-state index contributed by atoms with van der Waals surface area (Å²) < 4.78 is 1.83. The first-order valence-corrected chi connectivity index (χ1v) is 6.91. The van der Waals surface area contributed by atoms with E-state index < -0.39 is 0 Å². The number of aromatic nitrogens is 2. The molecule has 1 N–H and O–H groups in total. The van der Waals surface area contributed by atoms with Crippen molar-refractivity contribution in [3.8, 4) is 0 Å². The molecule has 0 aliphatic rings. The molecule has 5 heteroatoms. The third-order valence-electron chi connectivity index (χ3n) is 3.55. The topological polar surface area (TPSA) is 46.9 Å². The first kappa shape index (κ1) is 14.7. The zero-order valence-corrected chi connectivity index (χ0v) is 13.1. The molecule has 1 aromatic carbocycles. The van der Waals surface area contributed by atoms with Gasteiger partial charge in [-0.15, -0.1) is 12.6 Å². The number of carbonyl (C=O) groups excluding carboxylic acids is 1. The Morgan fingerprint density at radius 1 is 1.35 bits per heavy atom. The molecule has 0 aliphatic carbocycles. The normalized spacial score (nSPS) is 10.7. The molecule has 106 valence electrons. The van der Waals surface area contributed by atoms with Gasteiger partial charge in [0, 0.05) is 35.3 Å². The summed E-state index contributed by atoms with van der Waals surface area (Å²) in [6.45, 7) is 6.36. The Kier molecular flexibility index (Phi) is 4.18. The van der Waals surface area contributed by atoms with E-state index in [9.17, 15) is 4.79 Å². The number of thiol groups is 1. The van der Waals surface area contributed by atoms with Crippen molar-refractivity contribution in [3.63, 3.8) is 0 Å². The molecule has 1 heterocycles. The van der Waals surface area contributed by atoms with Gasteiger partial charge >= 0.3 is 0 Å². The van der Waals surface area contributed by atoms with Gasteiger partial charge in [-0.2, -0.15) is 5.10 Å². The minimum absolute atomic E-state index is 0.0824. The molecule has 20 heavy (non-hydrogen) atoms. The molecule has 0 saturated carbocycles. The van der Waals surface area contributed by atoms with Gasteiger partial charge < -0.3 is 5.32 Å². The van der Waals surface area contributed by atoms with Gasteiger partial charge in [0.15, 0.2) is 0 Å². The number of aryl methyl sites for hydroxylation is 3. The molecule has 2 aromatic rings. The van der Waals surface area contributed by atoms with Crippen LogP contribution in [0.5, 0.6) is 0 Å². The lowest BCUT2D eigenvalue weighted by Crippen LogP contribution is -2.24. The van der Waals surface area contributed by atoms with Crippen LogP contribution >= 0.6 is 12.6 Å². The third-order valence-corrected chi connectivity index (χ3v) is 3.83. The number of nitrogens with one attached hydrogen (secondary N) is 1. The lowest BCUT2D eigenvalue weighted by molar-refractivity contribution is 0.0950. The molecule has 2 rings (SSSR count). The first-order valence-electron chi connectivity index (χ1n) is 6.47. The Labute approximate surface area is 124 Å². The second kappa shape index (κ2) is 5.71. The Morgan fingerprint density at radius 3 is 2.65 bits per heavy atom. The highest BCUT2D eigenvalue weighted by Gasteiger charge is 2.13. The molecule has 0 radical (unpaired) electrons. The Balaban J connectivity index is 2.15. The van der Waals surface area contributed by atoms with Crippen LogP contribution in [0.25, 0.3) is 0 Å². The predicted molar refractivity (Wildman–Crippen MR) is 82.3 cm³/mol. The van der Waals surface area contributed by atoms with Crippen molar-refractivity contribution in [2.45, 2.75) is 32.2 Å². The molecule has 0 saturated heterocycles. The maximum absolute atomic E-state index is 12.2. The number of nitrogens with zero attached hydrogens (tertiary/aromatic N) is 2. The van der Waals surface area contributed by atoms with E-state index >= 15 is 0 Å². The molecule has 0 fully saturated rings. The van der Waals surface area contributed by atoms with Crippen LogP contribution in [0.4, 0.5) is 0 Å². The number of benzene rings is 1. The highest BCUT2D eigenvalue weighted by molar-refractivity contribution is 7.80. The van der Waals surface area contributed by atoms with Crippen LogP contribution in [0.3, 0.4) is 0 Å². The van der Waals surface area contributed by atoms with Crippen molar-refractivity contribution >= 4 is 18.5 Å². The summed E-state index contributed by atoms with van der Waals surface area (Å²) >= 11 is 4.28. The van der Waals surface area contributed by atoms with Crippen LogP contribution in [0.2, 0.25) is 0 Å². The van der Waals surface area contributed by atoms with Crippen LogP contribution in [0.1, 0.15) is 32.9 Å². The van der Waals surface area contributed by atoms with Gasteiger partial charge in [-0.25, -0.2) is 0 Å². The van der Waals surface area contributed by atoms with Gasteiger partial charge in [0.05, 0.1) is 5.69 Å². The van der Waals surface area contributed by atoms with Crippen molar-refractivity contribution in [2.75, 3.05) is 0 Å². The fourth-order valence-corrected chi connectivity index (χ4v) is 2.40. The van der Waals surface area contributed by atoms with Crippen LogP contribution in [-0.2, 0) is 13.6 Å². The Bertz CT molecular complexity index is 661. The van der Waals surface area contributed by atoms with Crippen LogP contribution < -0.4 is 5.32 Å². The number of hydrogen-bond donors (Lipinski definition) is 2. The number of hydrogen-bond acceptors (Lipinski definition) is 3. The molecule has 0 spiro atoms. The molecule has 0 aliphatic heterocycles. The van der Waals surface area contributed by atoms with Gasteiger partial charge in [0.2, 0.25) is 0 Å². The quantitative estimate of drug-likeness (QED) is 0.853. The lowest BCUT2D eigenvalue weighted by Gasteiger charge is -2.09. The van der Waals surface area contributed by atoms with E-state index in [1.165, 1.54) is 0 Å². The minimum Gasteiger partial charge on any atom is -0.348 e. The SMILES string of the molecule is Cc1ccc(S)cc1C(=O)NCc1c(C)nn(C)c1C. The second-order valence-electron chi connectivity index (χ2n) is 4.95. The van der Waals surface area contributed by atoms with E-state index in [0.29, 0.717) is 12.1 Å². The minimum atomic E-state index is -0.0824. The summed E-state index contributed by atoms with van der Waals surface area (Å²) in [5.41, 5.74) is 4.70. The largest absolute Gasteiger partial charge is 0.348 e. The highest BCUT2D eigenvalue weighted by Crippen LogP contribution is 2.15. The smallest absolute Gasteiger partial charge is 0.251 e. The van der Waals surface area contributed by atoms with Gasteiger partial charge in [0.25, 0.3) is 5.91 Å². The van der Waals surface area contributed by atoms with Gasteiger partial charge in [-0.05, 0) is 38.5 Å². The molecule has 0 bridgehead atoms. The van der Waals surface area contributed by atoms with Crippen molar-refractivity contribution in [3.05, 3.63) is 46.3 Å². The van der Waals surface area contributed by atoms with Gasteiger partial charge in [0.1, 0.15) is 0 Å². The highest BCUT2D eigenvalue weighted by atomic mass is 32.1. The maximum Gasteiger partial charge on any atom is 0.251 e. The lowest BCUT2D eigenvalue weighted by atomic mass is 10.1. The summed E-state index contributed by atoms with van der Waals surface area (Å²) in [6, 6.07) is 5.57. The second-order valence-corrected chi connectivity index (χ2v) is 5.47. The zero-order chi connectivity index (χ0) is 14.9. The number of rotatable bonds is 3. The van der Waals surface area contributed by atoms with E-state index in [1.54, 1.807) is 6.07 Å². The Morgan fingerprint density at radius 2 is 2.05 bits per heavy atom. The van der Waals surface area contributed by atoms with Crippen LogP contribution in [-0.4, -0.2) is 15.7 Å².